The second-order valence-electron chi connectivity index (χ2n) is 3.91. The highest BCUT2D eigenvalue weighted by Gasteiger charge is 2.17. The Balaban J connectivity index is 2.20. The molecule has 0 aromatic carbocycles. The lowest BCUT2D eigenvalue weighted by Crippen LogP contribution is -2.51. The summed E-state index contributed by atoms with van der Waals surface area (Å²) in [7, 11) is 0. The zero-order valence-electron chi connectivity index (χ0n) is 9.37. The molecule has 1 atom stereocenters. The first-order valence-corrected chi connectivity index (χ1v) is 6.93. The molecule has 1 heterocycles. The van der Waals surface area contributed by atoms with E-state index >= 15 is 0 Å². The van der Waals surface area contributed by atoms with E-state index in [0.717, 1.165) is 25.3 Å². The molecule has 1 amide bonds. The van der Waals surface area contributed by atoms with E-state index in [1.165, 1.54) is 19.3 Å². The van der Waals surface area contributed by atoms with E-state index in [0.29, 0.717) is 0 Å². The third kappa shape index (κ3) is 4.86. The summed E-state index contributed by atoms with van der Waals surface area (Å²) in [4.78, 5) is 11.6. The van der Waals surface area contributed by atoms with Crippen molar-refractivity contribution in [2.45, 2.75) is 31.7 Å². The Hall–Kier alpha value is -0.260. The van der Waals surface area contributed by atoms with Crippen molar-refractivity contribution in [1.82, 2.24) is 10.4 Å². The number of carbonyl (C=O) groups is 1. The van der Waals surface area contributed by atoms with Crippen LogP contribution in [-0.2, 0) is 4.79 Å². The Morgan fingerprint density at radius 3 is 2.73 bits per heavy atom. The number of piperidine rings is 1. The van der Waals surface area contributed by atoms with Crippen molar-refractivity contribution in [1.29, 1.82) is 0 Å². The average molecular weight is 231 g/mol. The molecule has 1 rings (SSSR count). The summed E-state index contributed by atoms with van der Waals surface area (Å²) in [5.74, 6) is 0.903. The quantitative estimate of drug-likeness (QED) is 0.727. The molecule has 88 valence electrons. The first-order chi connectivity index (χ1) is 7.24. The van der Waals surface area contributed by atoms with E-state index < -0.39 is 0 Å². The topological polar surface area (TPSA) is 58.4 Å². The number of thioether (sulfide) groups is 1. The summed E-state index contributed by atoms with van der Waals surface area (Å²) in [5.41, 5.74) is 8.66. The van der Waals surface area contributed by atoms with Crippen LogP contribution in [0.2, 0.25) is 0 Å². The minimum absolute atomic E-state index is 0.0362. The lowest BCUT2D eigenvalue weighted by molar-refractivity contribution is -0.127. The monoisotopic (exact) mass is 231 g/mol. The van der Waals surface area contributed by atoms with Crippen molar-refractivity contribution >= 4 is 17.7 Å². The van der Waals surface area contributed by atoms with Gasteiger partial charge >= 0.3 is 0 Å². The highest BCUT2D eigenvalue weighted by Crippen LogP contribution is 2.06. The van der Waals surface area contributed by atoms with Gasteiger partial charge in [0.15, 0.2) is 0 Å². The largest absolute Gasteiger partial charge is 0.320 e. The Kier molecular flexibility index (Phi) is 6.05. The van der Waals surface area contributed by atoms with Crippen LogP contribution in [0.3, 0.4) is 0 Å². The molecule has 1 saturated heterocycles. The number of hydrogen-bond acceptors (Lipinski definition) is 4. The fourth-order valence-corrected chi connectivity index (χ4v) is 2.11. The standard InChI is InChI=1S/C10H21N3OS/c1-15-8-5-9(11)10(14)12-13-6-3-2-4-7-13/h9H,2-8,11H2,1H3,(H,12,14)/t9-/m1/s1. The van der Waals surface area contributed by atoms with E-state index in [2.05, 4.69) is 5.43 Å². The summed E-state index contributed by atoms with van der Waals surface area (Å²) >= 11 is 1.72. The zero-order valence-corrected chi connectivity index (χ0v) is 10.2. The fourth-order valence-electron chi connectivity index (χ4n) is 1.62. The predicted molar refractivity (Wildman–Crippen MR) is 64.5 cm³/mol. The van der Waals surface area contributed by atoms with Crippen LogP contribution in [0, 0.1) is 0 Å². The molecule has 5 heteroatoms. The second-order valence-corrected chi connectivity index (χ2v) is 4.90. The minimum Gasteiger partial charge on any atom is -0.320 e. The van der Waals surface area contributed by atoms with Gasteiger partial charge in [-0.25, -0.2) is 5.01 Å². The Morgan fingerprint density at radius 2 is 2.13 bits per heavy atom. The van der Waals surface area contributed by atoms with Crippen molar-refractivity contribution in [3.05, 3.63) is 0 Å². The van der Waals surface area contributed by atoms with E-state index in [1.54, 1.807) is 11.8 Å². The van der Waals surface area contributed by atoms with Gasteiger partial charge in [0, 0.05) is 13.1 Å². The second kappa shape index (κ2) is 7.09. The lowest BCUT2D eigenvalue weighted by Gasteiger charge is -2.28. The number of hydrazine groups is 1. The third-order valence-corrected chi connectivity index (χ3v) is 3.24. The molecule has 0 saturated carbocycles. The number of carbonyl (C=O) groups excluding carboxylic acids is 1. The molecule has 1 aliphatic rings. The van der Waals surface area contributed by atoms with Crippen LogP contribution in [0.1, 0.15) is 25.7 Å². The van der Waals surface area contributed by atoms with Gasteiger partial charge < -0.3 is 5.73 Å². The maximum atomic E-state index is 11.6. The molecule has 1 fully saturated rings. The smallest absolute Gasteiger partial charge is 0.251 e. The van der Waals surface area contributed by atoms with Crippen molar-refractivity contribution in [3.63, 3.8) is 0 Å². The number of rotatable bonds is 5. The molecule has 3 N–H and O–H groups in total. The van der Waals surface area contributed by atoms with Crippen molar-refractivity contribution in [2.75, 3.05) is 25.1 Å². The van der Waals surface area contributed by atoms with Crippen molar-refractivity contribution in [2.24, 2.45) is 5.73 Å². The zero-order chi connectivity index (χ0) is 11.1. The predicted octanol–water partition coefficient (Wildman–Crippen LogP) is 0.584. The van der Waals surface area contributed by atoms with Gasteiger partial charge in [-0.1, -0.05) is 6.42 Å². The SMILES string of the molecule is CSCC[C@@H](N)C(=O)NN1CCCCC1. The average Bonchev–Trinajstić information content (AvgIpc) is 2.27. The highest BCUT2D eigenvalue weighted by molar-refractivity contribution is 7.98. The van der Waals surface area contributed by atoms with Crippen molar-refractivity contribution < 1.29 is 4.79 Å². The van der Waals surface area contributed by atoms with Gasteiger partial charge in [0.2, 0.25) is 0 Å². The maximum absolute atomic E-state index is 11.6. The fraction of sp³-hybridized carbons (Fsp3) is 0.900. The summed E-state index contributed by atoms with van der Waals surface area (Å²) in [6.45, 7) is 1.92. The van der Waals surface area contributed by atoms with Gasteiger partial charge in [-0.2, -0.15) is 11.8 Å². The molecule has 4 nitrogen and oxygen atoms in total. The van der Waals surface area contributed by atoms with Crippen LogP contribution in [-0.4, -0.2) is 42.1 Å². The van der Waals surface area contributed by atoms with Gasteiger partial charge in [0.25, 0.3) is 5.91 Å². The summed E-state index contributed by atoms with van der Waals surface area (Å²) in [5, 5.41) is 1.99. The highest BCUT2D eigenvalue weighted by atomic mass is 32.2. The van der Waals surface area contributed by atoms with E-state index in [9.17, 15) is 4.79 Å². The van der Waals surface area contributed by atoms with Gasteiger partial charge in [0.05, 0.1) is 6.04 Å². The Bertz CT molecular complexity index is 195. The maximum Gasteiger partial charge on any atom is 0.251 e. The molecule has 1 aliphatic heterocycles. The molecule has 0 unspecified atom stereocenters. The molecule has 0 radical (unpaired) electrons. The van der Waals surface area contributed by atoms with Gasteiger partial charge in [0.1, 0.15) is 0 Å². The molecular weight excluding hydrogens is 210 g/mol. The van der Waals surface area contributed by atoms with Gasteiger partial charge in [-0.05, 0) is 31.3 Å². The Labute approximate surface area is 95.9 Å². The lowest BCUT2D eigenvalue weighted by atomic mass is 10.2. The van der Waals surface area contributed by atoms with Crippen molar-refractivity contribution in [3.8, 4) is 0 Å². The third-order valence-electron chi connectivity index (χ3n) is 2.59. The Morgan fingerprint density at radius 1 is 1.47 bits per heavy atom. The van der Waals surface area contributed by atoms with Gasteiger partial charge in [-0.15, -0.1) is 0 Å². The number of nitrogens with one attached hydrogen (secondary N) is 1. The molecule has 15 heavy (non-hydrogen) atoms. The summed E-state index contributed by atoms with van der Waals surface area (Å²) in [6, 6.07) is -0.362. The number of nitrogens with zero attached hydrogens (tertiary/aromatic N) is 1. The number of hydrogen-bond donors (Lipinski definition) is 2. The molecular formula is C10H21N3OS. The van der Waals surface area contributed by atoms with E-state index in [-0.39, 0.29) is 11.9 Å². The van der Waals surface area contributed by atoms with Crippen LogP contribution in [0.5, 0.6) is 0 Å². The molecule has 0 aromatic rings. The first kappa shape index (κ1) is 12.8. The van der Waals surface area contributed by atoms with Gasteiger partial charge in [-0.3, -0.25) is 10.2 Å². The van der Waals surface area contributed by atoms with E-state index in [1.807, 2.05) is 11.3 Å². The van der Waals surface area contributed by atoms with E-state index in [4.69, 9.17) is 5.73 Å². The first-order valence-electron chi connectivity index (χ1n) is 5.54. The normalized spacial score (nSPS) is 19.9. The summed E-state index contributed by atoms with van der Waals surface area (Å²) in [6.07, 6.45) is 6.38. The summed E-state index contributed by atoms with van der Waals surface area (Å²) < 4.78 is 0. The van der Waals surface area contributed by atoms with Crippen LogP contribution in [0.15, 0.2) is 0 Å². The minimum atomic E-state index is -0.362. The molecule has 0 aromatic heterocycles. The molecule has 0 spiro atoms. The number of amides is 1. The number of nitrogens with two attached hydrogens (primary N) is 1. The molecule has 0 aliphatic carbocycles. The van der Waals surface area contributed by atoms with Crippen LogP contribution >= 0.6 is 11.8 Å². The van der Waals surface area contributed by atoms with Crippen LogP contribution in [0.4, 0.5) is 0 Å². The van der Waals surface area contributed by atoms with Crippen LogP contribution < -0.4 is 11.2 Å². The molecule has 0 bridgehead atoms. The van der Waals surface area contributed by atoms with Crippen LogP contribution in [0.25, 0.3) is 0 Å².